The number of carbonyl (C=O) groups is 2. The van der Waals surface area contributed by atoms with Crippen LogP contribution in [0.15, 0.2) is 6.20 Å². The van der Waals surface area contributed by atoms with Gasteiger partial charge in [-0.3, -0.25) is 4.79 Å². The number of anilines is 1. The number of rotatable bonds is 4. The van der Waals surface area contributed by atoms with Crippen LogP contribution in [0.2, 0.25) is 0 Å². The molecule has 16 heavy (non-hydrogen) atoms. The molecule has 5 nitrogen and oxygen atoms in total. The molecule has 0 saturated heterocycles. The van der Waals surface area contributed by atoms with E-state index in [1.807, 2.05) is 13.8 Å². The molecular formula is C11H16N2O3. The first-order chi connectivity index (χ1) is 7.41. The number of aromatic amines is 1. The molecule has 0 bridgehead atoms. The van der Waals surface area contributed by atoms with Gasteiger partial charge in [-0.15, -0.1) is 0 Å². The predicted molar refractivity (Wildman–Crippen MR) is 60.6 cm³/mol. The van der Waals surface area contributed by atoms with Crippen LogP contribution in [0.4, 0.5) is 5.69 Å². The van der Waals surface area contributed by atoms with Crippen molar-refractivity contribution in [1.29, 1.82) is 0 Å². The van der Waals surface area contributed by atoms with Gasteiger partial charge in [-0.1, -0.05) is 13.8 Å². The first kappa shape index (κ1) is 12.3. The molecule has 0 spiro atoms. The molecule has 0 unspecified atom stereocenters. The van der Waals surface area contributed by atoms with Crippen LogP contribution in [0.25, 0.3) is 0 Å². The zero-order valence-electron chi connectivity index (χ0n) is 9.63. The van der Waals surface area contributed by atoms with Gasteiger partial charge in [0.15, 0.2) is 0 Å². The van der Waals surface area contributed by atoms with Gasteiger partial charge in [-0.05, 0) is 12.8 Å². The maximum absolute atomic E-state index is 11.5. The van der Waals surface area contributed by atoms with E-state index in [0.717, 1.165) is 0 Å². The normalized spacial score (nSPS) is 10.5. The summed E-state index contributed by atoms with van der Waals surface area (Å²) in [4.78, 5) is 25.2. The van der Waals surface area contributed by atoms with Crippen molar-refractivity contribution in [3.63, 3.8) is 0 Å². The van der Waals surface area contributed by atoms with Crippen molar-refractivity contribution < 1.29 is 14.7 Å². The molecular weight excluding hydrogens is 208 g/mol. The minimum atomic E-state index is -1.04. The van der Waals surface area contributed by atoms with Gasteiger partial charge in [0.1, 0.15) is 5.56 Å². The van der Waals surface area contributed by atoms with E-state index in [1.165, 1.54) is 6.20 Å². The SMILES string of the molecule is Cc1[nH]cc(NC(=O)CC(C)C)c1C(=O)O. The summed E-state index contributed by atoms with van der Waals surface area (Å²) in [6, 6.07) is 0. The van der Waals surface area contributed by atoms with Crippen LogP contribution in [0, 0.1) is 12.8 Å². The van der Waals surface area contributed by atoms with Crippen molar-refractivity contribution in [3.05, 3.63) is 17.5 Å². The molecule has 0 saturated carbocycles. The maximum Gasteiger partial charge on any atom is 0.339 e. The Kier molecular flexibility index (Phi) is 3.71. The highest BCUT2D eigenvalue weighted by Crippen LogP contribution is 2.19. The first-order valence-electron chi connectivity index (χ1n) is 5.13. The molecule has 0 fully saturated rings. The van der Waals surface area contributed by atoms with E-state index in [1.54, 1.807) is 6.92 Å². The lowest BCUT2D eigenvalue weighted by Crippen LogP contribution is -2.15. The van der Waals surface area contributed by atoms with Crippen LogP contribution in [0.1, 0.15) is 36.3 Å². The molecule has 0 aliphatic heterocycles. The third-order valence-corrected chi connectivity index (χ3v) is 2.16. The second-order valence-corrected chi connectivity index (χ2v) is 4.15. The monoisotopic (exact) mass is 224 g/mol. The number of aromatic nitrogens is 1. The van der Waals surface area contributed by atoms with E-state index in [4.69, 9.17) is 5.11 Å². The lowest BCUT2D eigenvalue weighted by atomic mass is 10.1. The number of hydrogen-bond donors (Lipinski definition) is 3. The van der Waals surface area contributed by atoms with Crippen molar-refractivity contribution in [2.45, 2.75) is 27.2 Å². The summed E-state index contributed by atoms with van der Waals surface area (Å²) >= 11 is 0. The number of H-pyrrole nitrogens is 1. The zero-order valence-corrected chi connectivity index (χ0v) is 9.63. The van der Waals surface area contributed by atoms with Gasteiger partial charge < -0.3 is 15.4 Å². The van der Waals surface area contributed by atoms with Crippen molar-refractivity contribution in [2.75, 3.05) is 5.32 Å². The number of aryl methyl sites for hydroxylation is 1. The fraction of sp³-hybridized carbons (Fsp3) is 0.455. The van der Waals surface area contributed by atoms with Crippen LogP contribution >= 0.6 is 0 Å². The highest BCUT2D eigenvalue weighted by Gasteiger charge is 2.17. The summed E-state index contributed by atoms with van der Waals surface area (Å²) in [6.07, 6.45) is 1.88. The van der Waals surface area contributed by atoms with Crippen molar-refractivity contribution >= 4 is 17.6 Å². The van der Waals surface area contributed by atoms with Crippen LogP contribution < -0.4 is 5.32 Å². The second kappa shape index (κ2) is 4.83. The van der Waals surface area contributed by atoms with Gasteiger partial charge in [-0.2, -0.15) is 0 Å². The molecule has 88 valence electrons. The molecule has 0 aromatic carbocycles. The number of aromatic carboxylic acids is 1. The summed E-state index contributed by atoms with van der Waals surface area (Å²) in [6.45, 7) is 5.52. The highest BCUT2D eigenvalue weighted by molar-refractivity contribution is 6.01. The molecule has 1 rings (SSSR count). The molecule has 3 N–H and O–H groups in total. The molecule has 5 heteroatoms. The van der Waals surface area contributed by atoms with E-state index >= 15 is 0 Å². The smallest absolute Gasteiger partial charge is 0.339 e. The van der Waals surface area contributed by atoms with Crippen LogP contribution in [-0.4, -0.2) is 22.0 Å². The minimum absolute atomic E-state index is 0.122. The van der Waals surface area contributed by atoms with E-state index in [-0.39, 0.29) is 17.4 Å². The molecule has 0 aliphatic rings. The van der Waals surface area contributed by atoms with Gasteiger partial charge in [0.25, 0.3) is 0 Å². The molecule has 0 radical (unpaired) electrons. The number of amides is 1. The number of carboxylic acids is 1. The van der Waals surface area contributed by atoms with E-state index in [0.29, 0.717) is 17.8 Å². The summed E-state index contributed by atoms with van der Waals surface area (Å²) in [5, 5.41) is 11.6. The Labute approximate surface area is 93.9 Å². The summed E-state index contributed by atoms with van der Waals surface area (Å²) in [5.41, 5.74) is 0.986. The van der Waals surface area contributed by atoms with E-state index in [9.17, 15) is 9.59 Å². The molecule has 1 heterocycles. The van der Waals surface area contributed by atoms with E-state index < -0.39 is 5.97 Å². The number of carboxylic acid groups (broad SMARTS) is 1. The molecule has 0 aliphatic carbocycles. The number of hydrogen-bond acceptors (Lipinski definition) is 2. The van der Waals surface area contributed by atoms with Gasteiger partial charge in [0.05, 0.1) is 5.69 Å². The lowest BCUT2D eigenvalue weighted by molar-refractivity contribution is -0.116. The Hall–Kier alpha value is -1.78. The van der Waals surface area contributed by atoms with Crippen LogP contribution in [0.5, 0.6) is 0 Å². The third kappa shape index (κ3) is 2.85. The van der Waals surface area contributed by atoms with Crippen LogP contribution in [-0.2, 0) is 4.79 Å². The third-order valence-electron chi connectivity index (χ3n) is 2.16. The molecule has 1 aromatic heterocycles. The Bertz CT molecular complexity index is 407. The molecule has 1 amide bonds. The quantitative estimate of drug-likeness (QED) is 0.731. The van der Waals surface area contributed by atoms with Crippen molar-refractivity contribution in [3.8, 4) is 0 Å². The zero-order chi connectivity index (χ0) is 12.3. The fourth-order valence-corrected chi connectivity index (χ4v) is 1.47. The molecule has 1 aromatic rings. The van der Waals surface area contributed by atoms with Crippen molar-refractivity contribution in [1.82, 2.24) is 4.98 Å². The van der Waals surface area contributed by atoms with Gasteiger partial charge >= 0.3 is 5.97 Å². The van der Waals surface area contributed by atoms with Gasteiger partial charge in [0.2, 0.25) is 5.91 Å². The average Bonchev–Trinajstić information content (AvgIpc) is 2.45. The summed E-state index contributed by atoms with van der Waals surface area (Å²) < 4.78 is 0. The predicted octanol–water partition coefficient (Wildman–Crippen LogP) is 2.01. The minimum Gasteiger partial charge on any atom is -0.478 e. The largest absolute Gasteiger partial charge is 0.478 e. The number of carbonyl (C=O) groups excluding carboxylic acids is 1. The first-order valence-corrected chi connectivity index (χ1v) is 5.13. The van der Waals surface area contributed by atoms with E-state index in [2.05, 4.69) is 10.3 Å². The van der Waals surface area contributed by atoms with Gasteiger partial charge in [0, 0.05) is 18.3 Å². The average molecular weight is 224 g/mol. The Morgan fingerprint density at radius 2 is 2.12 bits per heavy atom. The number of nitrogens with one attached hydrogen (secondary N) is 2. The van der Waals surface area contributed by atoms with Crippen LogP contribution in [0.3, 0.4) is 0 Å². The fourth-order valence-electron chi connectivity index (χ4n) is 1.47. The summed E-state index contributed by atoms with van der Waals surface area (Å²) in [7, 11) is 0. The second-order valence-electron chi connectivity index (χ2n) is 4.15. The standard InChI is InChI=1S/C11H16N2O3/c1-6(2)4-9(14)13-8-5-12-7(3)10(8)11(15)16/h5-6,12H,4H2,1-3H3,(H,13,14)(H,15,16). The van der Waals surface area contributed by atoms with Crippen molar-refractivity contribution in [2.24, 2.45) is 5.92 Å². The maximum atomic E-state index is 11.5. The topological polar surface area (TPSA) is 82.2 Å². The Morgan fingerprint density at radius 3 is 2.62 bits per heavy atom. The lowest BCUT2D eigenvalue weighted by Gasteiger charge is -2.06. The summed E-state index contributed by atoms with van der Waals surface area (Å²) in [5.74, 6) is -0.969. The molecule has 0 atom stereocenters. The Balaban J connectivity index is 2.82. The Morgan fingerprint density at radius 1 is 1.50 bits per heavy atom. The van der Waals surface area contributed by atoms with Gasteiger partial charge in [-0.25, -0.2) is 4.79 Å². The highest BCUT2D eigenvalue weighted by atomic mass is 16.4.